The van der Waals surface area contributed by atoms with Crippen LogP contribution in [0.25, 0.3) is 5.69 Å². The molecular formula is C19H20F3N3O3. The summed E-state index contributed by atoms with van der Waals surface area (Å²) in [5.41, 5.74) is -0.833. The van der Waals surface area contributed by atoms with Crippen molar-refractivity contribution in [2.75, 3.05) is 0 Å². The molecule has 0 atom stereocenters. The van der Waals surface area contributed by atoms with Crippen molar-refractivity contribution in [3.05, 3.63) is 47.3 Å². The zero-order valence-corrected chi connectivity index (χ0v) is 15.2. The number of benzene rings is 1. The van der Waals surface area contributed by atoms with Gasteiger partial charge in [0, 0.05) is 6.04 Å². The second kappa shape index (κ2) is 7.65. The van der Waals surface area contributed by atoms with E-state index in [1.165, 1.54) is 6.07 Å². The van der Waals surface area contributed by atoms with Gasteiger partial charge in [0.25, 0.3) is 5.91 Å². The summed E-state index contributed by atoms with van der Waals surface area (Å²) in [4.78, 5) is 23.5. The van der Waals surface area contributed by atoms with Gasteiger partial charge in [0.15, 0.2) is 5.69 Å². The van der Waals surface area contributed by atoms with E-state index in [0.717, 1.165) is 10.9 Å². The molecule has 0 radical (unpaired) electrons. The molecule has 1 aromatic heterocycles. The number of nitrogens with zero attached hydrogens (tertiary/aromatic N) is 2. The van der Waals surface area contributed by atoms with E-state index in [1.807, 2.05) is 0 Å². The SMILES string of the molecule is Cc1ccccc1-n1ncc(C(=O)NC2CCC(C(=O)O)CC2)c1C(F)(F)F. The second-order valence-corrected chi connectivity index (χ2v) is 6.96. The summed E-state index contributed by atoms with van der Waals surface area (Å²) in [5.74, 6) is -2.21. The number of hydrogen-bond donors (Lipinski definition) is 2. The Morgan fingerprint density at radius 1 is 1.18 bits per heavy atom. The number of carboxylic acids is 1. The molecule has 6 nitrogen and oxygen atoms in total. The third-order valence-corrected chi connectivity index (χ3v) is 5.04. The van der Waals surface area contributed by atoms with Crippen LogP contribution in [-0.2, 0) is 11.0 Å². The lowest BCUT2D eigenvalue weighted by Gasteiger charge is -2.26. The van der Waals surface area contributed by atoms with E-state index in [2.05, 4.69) is 10.4 Å². The first-order valence-electron chi connectivity index (χ1n) is 8.93. The molecule has 1 amide bonds. The first-order valence-corrected chi connectivity index (χ1v) is 8.93. The van der Waals surface area contributed by atoms with Crippen LogP contribution in [0.3, 0.4) is 0 Å². The van der Waals surface area contributed by atoms with Crippen LogP contribution < -0.4 is 5.32 Å². The number of aryl methyl sites for hydroxylation is 1. The summed E-state index contributed by atoms with van der Waals surface area (Å²) in [6.45, 7) is 1.66. The summed E-state index contributed by atoms with van der Waals surface area (Å²) in [7, 11) is 0. The molecule has 28 heavy (non-hydrogen) atoms. The van der Waals surface area contributed by atoms with Gasteiger partial charge in [-0.25, -0.2) is 4.68 Å². The van der Waals surface area contributed by atoms with Gasteiger partial charge >= 0.3 is 12.1 Å². The maximum atomic E-state index is 13.7. The minimum atomic E-state index is -4.77. The van der Waals surface area contributed by atoms with Crippen molar-refractivity contribution in [3.8, 4) is 5.69 Å². The quantitative estimate of drug-likeness (QED) is 0.829. The number of aromatic nitrogens is 2. The van der Waals surface area contributed by atoms with Crippen LogP contribution in [0.2, 0.25) is 0 Å². The number of carboxylic acid groups (broad SMARTS) is 1. The lowest BCUT2D eigenvalue weighted by Crippen LogP contribution is -2.39. The van der Waals surface area contributed by atoms with E-state index in [4.69, 9.17) is 5.11 Å². The molecule has 1 saturated carbocycles. The average molecular weight is 395 g/mol. The number of carbonyl (C=O) groups excluding carboxylic acids is 1. The molecule has 2 aromatic rings. The number of amides is 1. The van der Waals surface area contributed by atoms with E-state index in [9.17, 15) is 22.8 Å². The van der Waals surface area contributed by atoms with Crippen molar-refractivity contribution in [2.24, 2.45) is 5.92 Å². The Balaban J connectivity index is 1.85. The number of carbonyl (C=O) groups is 2. The van der Waals surface area contributed by atoms with E-state index in [1.54, 1.807) is 25.1 Å². The molecule has 0 bridgehead atoms. The number of alkyl halides is 3. The maximum absolute atomic E-state index is 13.7. The number of rotatable bonds is 4. The average Bonchev–Trinajstić information content (AvgIpc) is 3.08. The highest BCUT2D eigenvalue weighted by molar-refractivity contribution is 5.95. The number of aliphatic carboxylic acids is 1. The second-order valence-electron chi connectivity index (χ2n) is 6.96. The number of nitrogens with one attached hydrogen (secondary N) is 1. The molecule has 3 rings (SSSR count). The Labute approximate surface area is 159 Å². The fourth-order valence-electron chi connectivity index (χ4n) is 3.52. The molecule has 9 heteroatoms. The first-order chi connectivity index (χ1) is 13.2. The van der Waals surface area contributed by atoms with Gasteiger partial charge in [-0.3, -0.25) is 9.59 Å². The highest BCUT2D eigenvalue weighted by Gasteiger charge is 2.41. The summed E-state index contributed by atoms with van der Waals surface area (Å²) in [5, 5.41) is 15.4. The van der Waals surface area contributed by atoms with Crippen molar-refractivity contribution in [3.63, 3.8) is 0 Å². The van der Waals surface area contributed by atoms with Gasteiger partial charge in [-0.15, -0.1) is 0 Å². The highest BCUT2D eigenvalue weighted by atomic mass is 19.4. The largest absolute Gasteiger partial charge is 0.481 e. The Morgan fingerprint density at radius 3 is 2.39 bits per heavy atom. The van der Waals surface area contributed by atoms with Gasteiger partial charge in [0.05, 0.1) is 23.4 Å². The molecule has 0 unspecified atom stereocenters. The van der Waals surface area contributed by atoms with Gasteiger partial charge in [0.1, 0.15) is 0 Å². The molecule has 1 fully saturated rings. The van der Waals surface area contributed by atoms with Crippen molar-refractivity contribution < 1.29 is 27.9 Å². The molecule has 0 saturated heterocycles. The van der Waals surface area contributed by atoms with Crippen molar-refractivity contribution in [2.45, 2.75) is 44.8 Å². The van der Waals surface area contributed by atoms with Crippen LogP contribution in [0.5, 0.6) is 0 Å². The van der Waals surface area contributed by atoms with Gasteiger partial charge in [0.2, 0.25) is 0 Å². The molecule has 1 heterocycles. The summed E-state index contributed by atoms with van der Waals surface area (Å²) in [6, 6.07) is 6.12. The normalized spacial score (nSPS) is 20.0. The minimum absolute atomic E-state index is 0.246. The van der Waals surface area contributed by atoms with Crippen molar-refractivity contribution in [1.82, 2.24) is 15.1 Å². The Bertz CT molecular complexity index is 884. The molecule has 1 aliphatic carbocycles. The predicted molar refractivity (Wildman–Crippen MR) is 94.2 cm³/mol. The topological polar surface area (TPSA) is 84.2 Å². The number of para-hydroxylation sites is 1. The van der Waals surface area contributed by atoms with Gasteiger partial charge < -0.3 is 10.4 Å². The van der Waals surface area contributed by atoms with Crippen molar-refractivity contribution in [1.29, 1.82) is 0 Å². The van der Waals surface area contributed by atoms with Gasteiger partial charge in [-0.1, -0.05) is 18.2 Å². The summed E-state index contributed by atoms with van der Waals surface area (Å²) < 4.78 is 41.9. The van der Waals surface area contributed by atoms with E-state index >= 15 is 0 Å². The monoisotopic (exact) mass is 395 g/mol. The Kier molecular flexibility index (Phi) is 5.44. The van der Waals surface area contributed by atoms with E-state index < -0.39 is 35.2 Å². The van der Waals surface area contributed by atoms with Crippen LogP contribution in [-0.4, -0.2) is 32.8 Å². The number of hydrogen-bond acceptors (Lipinski definition) is 3. The van der Waals surface area contributed by atoms with Crippen LogP contribution in [0, 0.1) is 12.8 Å². The summed E-state index contributed by atoms with van der Waals surface area (Å²) in [6.07, 6.45) is -2.25. The third kappa shape index (κ3) is 4.02. The fourth-order valence-corrected chi connectivity index (χ4v) is 3.52. The molecule has 0 spiro atoms. The van der Waals surface area contributed by atoms with Crippen LogP contribution >= 0.6 is 0 Å². The Hall–Kier alpha value is -2.84. The Morgan fingerprint density at radius 2 is 1.82 bits per heavy atom. The number of halogens is 3. The van der Waals surface area contributed by atoms with E-state index in [-0.39, 0.29) is 11.7 Å². The predicted octanol–water partition coefficient (Wildman–Crippen LogP) is 3.57. The molecule has 1 aromatic carbocycles. The summed E-state index contributed by atoms with van der Waals surface area (Å²) >= 11 is 0. The van der Waals surface area contributed by atoms with Crippen LogP contribution in [0.1, 0.15) is 47.3 Å². The van der Waals surface area contributed by atoms with Gasteiger partial charge in [-0.2, -0.15) is 18.3 Å². The maximum Gasteiger partial charge on any atom is 0.434 e. The van der Waals surface area contributed by atoms with Crippen molar-refractivity contribution >= 4 is 11.9 Å². The fraction of sp³-hybridized carbons (Fsp3) is 0.421. The molecular weight excluding hydrogens is 375 g/mol. The van der Waals surface area contributed by atoms with Crippen LogP contribution in [0.15, 0.2) is 30.5 Å². The molecule has 150 valence electrons. The first kappa shape index (κ1) is 19.9. The van der Waals surface area contributed by atoms with E-state index in [0.29, 0.717) is 31.2 Å². The smallest absolute Gasteiger partial charge is 0.434 e. The molecule has 1 aliphatic rings. The lowest BCUT2D eigenvalue weighted by atomic mass is 9.86. The highest BCUT2D eigenvalue weighted by Crippen LogP contribution is 2.34. The lowest BCUT2D eigenvalue weighted by molar-refractivity contribution is -0.144. The standard InChI is InChI=1S/C19H20F3N3O3/c1-11-4-2-3-5-15(11)25-16(19(20,21)22)14(10-23-25)17(26)24-13-8-6-12(7-9-13)18(27)28/h2-5,10,12-13H,6-9H2,1H3,(H,24,26)(H,27,28). The molecule has 0 aliphatic heterocycles. The van der Waals surface area contributed by atoms with Gasteiger partial charge in [-0.05, 0) is 44.2 Å². The van der Waals surface area contributed by atoms with Crippen LogP contribution in [0.4, 0.5) is 13.2 Å². The minimum Gasteiger partial charge on any atom is -0.481 e. The zero-order valence-electron chi connectivity index (χ0n) is 15.2. The third-order valence-electron chi connectivity index (χ3n) is 5.04. The zero-order chi connectivity index (χ0) is 20.5. The molecule has 2 N–H and O–H groups in total.